The van der Waals surface area contributed by atoms with Gasteiger partial charge >= 0.3 is 0 Å². The Labute approximate surface area is 133 Å². The van der Waals surface area contributed by atoms with Gasteiger partial charge in [-0.2, -0.15) is 5.10 Å². The molecule has 1 aliphatic rings. The molecule has 1 fully saturated rings. The molecule has 1 saturated heterocycles. The molecule has 0 amide bonds. The normalized spacial score (nSPS) is 24.5. The molecule has 0 aliphatic carbocycles. The third kappa shape index (κ3) is 3.79. The van der Waals surface area contributed by atoms with Gasteiger partial charge in [-0.15, -0.1) is 0 Å². The van der Waals surface area contributed by atoms with Crippen molar-refractivity contribution in [1.82, 2.24) is 14.7 Å². The number of likely N-dealkylation sites (tertiary alicyclic amines) is 1. The number of hydrogen-bond donors (Lipinski definition) is 1. The van der Waals surface area contributed by atoms with Crippen LogP contribution in [0.15, 0.2) is 0 Å². The van der Waals surface area contributed by atoms with Crippen LogP contribution in [0.3, 0.4) is 0 Å². The highest BCUT2D eigenvalue weighted by atomic mass is 35.5. The van der Waals surface area contributed by atoms with E-state index in [9.17, 15) is 5.11 Å². The molecule has 5 heteroatoms. The Bertz CT molecular complexity index is 486. The van der Waals surface area contributed by atoms with Gasteiger partial charge in [0, 0.05) is 25.6 Å². The van der Waals surface area contributed by atoms with Crippen molar-refractivity contribution in [2.75, 3.05) is 13.1 Å². The largest absolute Gasteiger partial charge is 0.389 e. The average molecular weight is 314 g/mol. The molecule has 21 heavy (non-hydrogen) atoms. The molecule has 2 heterocycles. The summed E-state index contributed by atoms with van der Waals surface area (Å²) >= 11 is 6.39. The van der Waals surface area contributed by atoms with Crippen molar-refractivity contribution in [2.45, 2.75) is 71.6 Å². The quantitative estimate of drug-likeness (QED) is 0.929. The molecule has 1 aliphatic heterocycles. The second kappa shape index (κ2) is 6.67. The number of nitrogens with zero attached hydrogens (tertiary/aromatic N) is 3. The summed E-state index contributed by atoms with van der Waals surface area (Å²) < 4.78 is 1.93. The Morgan fingerprint density at radius 1 is 1.33 bits per heavy atom. The number of aryl methyl sites for hydroxylation is 2. The molecule has 0 bridgehead atoms. The van der Waals surface area contributed by atoms with E-state index in [1.165, 1.54) is 0 Å². The van der Waals surface area contributed by atoms with Gasteiger partial charge in [0.1, 0.15) is 0 Å². The molecule has 1 aromatic heterocycles. The van der Waals surface area contributed by atoms with Gasteiger partial charge in [-0.1, -0.05) is 11.6 Å². The van der Waals surface area contributed by atoms with Crippen LogP contribution in [-0.2, 0) is 13.0 Å². The Morgan fingerprint density at radius 2 is 2.05 bits per heavy atom. The zero-order chi connectivity index (χ0) is 15.6. The Morgan fingerprint density at radius 3 is 2.67 bits per heavy atom. The maximum absolute atomic E-state index is 11.0. The maximum Gasteiger partial charge on any atom is 0.0848 e. The topological polar surface area (TPSA) is 41.3 Å². The Hall–Kier alpha value is -0.580. The highest BCUT2D eigenvalue weighted by molar-refractivity contribution is 6.31. The Balaban J connectivity index is 2.14. The van der Waals surface area contributed by atoms with Gasteiger partial charge in [0.15, 0.2) is 0 Å². The number of rotatable bonds is 4. The van der Waals surface area contributed by atoms with Crippen LogP contribution in [-0.4, -0.2) is 44.5 Å². The lowest BCUT2D eigenvalue weighted by Gasteiger charge is -2.28. The van der Waals surface area contributed by atoms with E-state index in [1.54, 1.807) is 0 Å². The first-order chi connectivity index (χ1) is 9.86. The first-order valence-electron chi connectivity index (χ1n) is 8.04. The van der Waals surface area contributed by atoms with Crippen LogP contribution in [0, 0.1) is 6.92 Å². The standard InChI is InChI=1S/C16H28ClN3O/c1-5-20-14(15(17)13(4)18-20)11-16(21)7-6-9-19(10-8-16)12(2)3/h12,21H,5-11H2,1-4H3. The van der Waals surface area contributed by atoms with Crippen LogP contribution in [0.5, 0.6) is 0 Å². The maximum atomic E-state index is 11.0. The van der Waals surface area contributed by atoms with Gasteiger partial charge < -0.3 is 10.0 Å². The SMILES string of the molecule is CCn1nc(C)c(Cl)c1CC1(O)CCCN(C(C)C)CC1. The predicted octanol–water partition coefficient (Wildman–Crippen LogP) is 3.03. The molecule has 4 nitrogen and oxygen atoms in total. The minimum Gasteiger partial charge on any atom is -0.389 e. The molecule has 0 spiro atoms. The van der Waals surface area contributed by atoms with E-state index in [1.807, 2.05) is 11.6 Å². The fourth-order valence-electron chi connectivity index (χ4n) is 3.24. The molecule has 120 valence electrons. The van der Waals surface area contributed by atoms with Gasteiger partial charge in [0.2, 0.25) is 0 Å². The van der Waals surface area contributed by atoms with E-state index < -0.39 is 5.60 Å². The zero-order valence-corrected chi connectivity index (χ0v) is 14.4. The van der Waals surface area contributed by atoms with Crippen LogP contribution >= 0.6 is 11.6 Å². The van der Waals surface area contributed by atoms with Gasteiger partial charge in [-0.05, 0) is 53.5 Å². The summed E-state index contributed by atoms with van der Waals surface area (Å²) in [6.45, 7) is 11.2. The van der Waals surface area contributed by atoms with Crippen molar-refractivity contribution in [2.24, 2.45) is 0 Å². The summed E-state index contributed by atoms with van der Waals surface area (Å²) in [6, 6.07) is 0.541. The molecule has 0 aromatic carbocycles. The summed E-state index contributed by atoms with van der Waals surface area (Å²) in [4.78, 5) is 2.45. The zero-order valence-electron chi connectivity index (χ0n) is 13.7. The summed E-state index contributed by atoms with van der Waals surface area (Å²) in [5, 5.41) is 16.2. The average Bonchev–Trinajstić information content (AvgIpc) is 2.61. The van der Waals surface area contributed by atoms with Gasteiger partial charge in [-0.25, -0.2) is 0 Å². The predicted molar refractivity (Wildman–Crippen MR) is 86.9 cm³/mol. The first kappa shape index (κ1) is 16.8. The molecule has 0 saturated carbocycles. The molecule has 0 radical (unpaired) electrons. The van der Waals surface area contributed by atoms with Gasteiger partial charge in [-0.3, -0.25) is 4.68 Å². The van der Waals surface area contributed by atoms with E-state index in [0.29, 0.717) is 12.5 Å². The van der Waals surface area contributed by atoms with E-state index in [-0.39, 0.29) is 0 Å². The molecular formula is C16H28ClN3O. The third-order valence-corrected chi connectivity index (χ3v) is 5.12. The highest BCUT2D eigenvalue weighted by Gasteiger charge is 2.33. The fourth-order valence-corrected chi connectivity index (χ4v) is 3.44. The molecule has 1 atom stereocenters. The summed E-state index contributed by atoms with van der Waals surface area (Å²) in [5.74, 6) is 0. The number of aromatic nitrogens is 2. The van der Waals surface area contributed by atoms with Crippen LogP contribution in [0.4, 0.5) is 0 Å². The van der Waals surface area contributed by atoms with E-state index in [0.717, 1.165) is 55.3 Å². The van der Waals surface area contributed by atoms with E-state index in [2.05, 4.69) is 30.8 Å². The van der Waals surface area contributed by atoms with Crippen LogP contribution in [0.1, 0.15) is 51.4 Å². The van der Waals surface area contributed by atoms with E-state index >= 15 is 0 Å². The summed E-state index contributed by atoms with van der Waals surface area (Å²) in [6.07, 6.45) is 3.27. The number of aliphatic hydroxyl groups is 1. The van der Waals surface area contributed by atoms with Crippen molar-refractivity contribution in [3.63, 3.8) is 0 Å². The molecular weight excluding hydrogens is 286 g/mol. The smallest absolute Gasteiger partial charge is 0.0848 e. The van der Waals surface area contributed by atoms with Gasteiger partial charge in [0.25, 0.3) is 0 Å². The lowest BCUT2D eigenvalue weighted by atomic mass is 9.89. The second-order valence-electron chi connectivity index (χ2n) is 6.55. The van der Waals surface area contributed by atoms with E-state index in [4.69, 9.17) is 11.6 Å². The van der Waals surface area contributed by atoms with Crippen molar-refractivity contribution in [1.29, 1.82) is 0 Å². The first-order valence-corrected chi connectivity index (χ1v) is 8.42. The van der Waals surface area contributed by atoms with Crippen molar-refractivity contribution in [3.8, 4) is 0 Å². The minimum absolute atomic E-state index is 0.541. The highest BCUT2D eigenvalue weighted by Crippen LogP contribution is 2.31. The molecule has 1 unspecified atom stereocenters. The second-order valence-corrected chi connectivity index (χ2v) is 6.92. The number of halogens is 1. The Kier molecular flexibility index (Phi) is 5.33. The number of hydrogen-bond acceptors (Lipinski definition) is 3. The fraction of sp³-hybridized carbons (Fsp3) is 0.812. The minimum atomic E-state index is -0.660. The van der Waals surface area contributed by atoms with Crippen LogP contribution < -0.4 is 0 Å². The lowest BCUT2D eigenvalue weighted by molar-refractivity contribution is 0.0230. The van der Waals surface area contributed by atoms with Gasteiger partial charge in [0.05, 0.1) is 22.0 Å². The molecule has 1 aromatic rings. The molecule has 1 N–H and O–H groups in total. The van der Waals surface area contributed by atoms with Crippen LogP contribution in [0.25, 0.3) is 0 Å². The summed E-state index contributed by atoms with van der Waals surface area (Å²) in [7, 11) is 0. The lowest BCUT2D eigenvalue weighted by Crippen LogP contribution is -2.36. The van der Waals surface area contributed by atoms with Crippen LogP contribution in [0.2, 0.25) is 5.02 Å². The van der Waals surface area contributed by atoms with Crippen molar-refractivity contribution in [3.05, 3.63) is 16.4 Å². The molecule has 2 rings (SSSR count). The summed E-state index contributed by atoms with van der Waals surface area (Å²) in [5.41, 5.74) is 1.18. The third-order valence-electron chi connectivity index (χ3n) is 4.63. The van der Waals surface area contributed by atoms with Crippen molar-refractivity contribution >= 4 is 11.6 Å². The monoisotopic (exact) mass is 313 g/mol. The van der Waals surface area contributed by atoms with Crippen molar-refractivity contribution < 1.29 is 5.11 Å².